The van der Waals surface area contributed by atoms with E-state index in [1.807, 2.05) is 11.0 Å². The van der Waals surface area contributed by atoms with Crippen molar-refractivity contribution in [3.8, 4) is 17.0 Å². The van der Waals surface area contributed by atoms with Crippen LogP contribution in [-0.4, -0.2) is 62.0 Å². The second kappa shape index (κ2) is 8.44. The zero-order chi connectivity index (χ0) is 26.1. The molecule has 1 saturated heterocycles. The summed E-state index contributed by atoms with van der Waals surface area (Å²) in [5, 5.41) is 10.0. The second-order valence-corrected chi connectivity index (χ2v) is 10.8. The number of carbonyl (C=O) groups is 3. The first-order chi connectivity index (χ1) is 18.4. The number of rotatable bonds is 7. The van der Waals surface area contributed by atoms with Gasteiger partial charge in [-0.25, -0.2) is 9.50 Å². The second-order valence-electron chi connectivity index (χ2n) is 10.8. The Morgan fingerprint density at radius 2 is 2.03 bits per heavy atom. The molecule has 4 aliphatic rings. The van der Waals surface area contributed by atoms with Crippen molar-refractivity contribution >= 4 is 29.2 Å². The predicted octanol–water partition coefficient (Wildman–Crippen LogP) is 1.89. The Kier molecular flexibility index (Phi) is 5.11. The van der Waals surface area contributed by atoms with Crippen LogP contribution in [0.2, 0.25) is 0 Å². The molecule has 0 bridgehead atoms. The molecule has 7 rings (SSSR count). The topological polar surface area (TPSA) is 144 Å². The average Bonchev–Trinajstić information content (AvgIpc) is 3.81. The van der Waals surface area contributed by atoms with Crippen molar-refractivity contribution < 1.29 is 19.1 Å². The highest BCUT2D eigenvalue weighted by Crippen LogP contribution is 2.42. The van der Waals surface area contributed by atoms with Crippen molar-refractivity contribution in [2.75, 3.05) is 12.3 Å². The number of nitrogens with zero attached hydrogens (tertiary/aromatic N) is 4. The fraction of sp³-hybridized carbons (Fsp3) is 0.444. The van der Waals surface area contributed by atoms with Crippen LogP contribution in [0.3, 0.4) is 0 Å². The monoisotopic (exact) mass is 515 g/mol. The molecule has 0 spiro atoms. The minimum atomic E-state index is -0.653. The number of anilines is 1. The molecule has 196 valence electrons. The van der Waals surface area contributed by atoms with Gasteiger partial charge in [0.25, 0.3) is 17.7 Å². The summed E-state index contributed by atoms with van der Waals surface area (Å²) in [4.78, 5) is 45.4. The van der Waals surface area contributed by atoms with Gasteiger partial charge in [-0.15, -0.1) is 5.10 Å². The zero-order valence-corrected chi connectivity index (χ0v) is 21.1. The number of ether oxygens (including phenoxy) is 1. The number of nitrogen functional groups attached to an aromatic ring is 1. The molecule has 2 saturated carbocycles. The van der Waals surface area contributed by atoms with Gasteiger partial charge in [0.05, 0.1) is 11.3 Å². The van der Waals surface area contributed by atoms with Gasteiger partial charge in [-0.2, -0.15) is 0 Å². The molecule has 2 aromatic heterocycles. The minimum Gasteiger partial charge on any atom is -0.480 e. The van der Waals surface area contributed by atoms with Crippen LogP contribution in [0.1, 0.15) is 65.3 Å². The van der Waals surface area contributed by atoms with Gasteiger partial charge in [0, 0.05) is 43.4 Å². The number of fused-ring (bicyclic) bond motifs is 2. The summed E-state index contributed by atoms with van der Waals surface area (Å²) in [5.41, 5.74) is 9.37. The molecule has 11 nitrogen and oxygen atoms in total. The normalized spacial score (nSPS) is 21.5. The number of amides is 3. The number of aromatic nitrogens is 3. The fourth-order valence-corrected chi connectivity index (χ4v) is 5.49. The first kappa shape index (κ1) is 23.0. The van der Waals surface area contributed by atoms with E-state index in [-0.39, 0.29) is 41.2 Å². The average molecular weight is 516 g/mol. The highest BCUT2D eigenvalue weighted by atomic mass is 16.5. The highest BCUT2D eigenvalue weighted by Gasteiger charge is 2.41. The lowest BCUT2D eigenvalue weighted by molar-refractivity contribution is -0.124. The van der Waals surface area contributed by atoms with E-state index in [4.69, 9.17) is 15.5 Å². The Balaban J connectivity index is 1.30. The van der Waals surface area contributed by atoms with Crippen molar-refractivity contribution in [2.45, 2.75) is 63.8 Å². The lowest BCUT2D eigenvalue weighted by Gasteiger charge is -2.24. The van der Waals surface area contributed by atoms with E-state index in [1.54, 1.807) is 18.3 Å². The van der Waals surface area contributed by atoms with Gasteiger partial charge in [0.15, 0.2) is 17.6 Å². The minimum absolute atomic E-state index is 0.0645. The summed E-state index contributed by atoms with van der Waals surface area (Å²) < 4.78 is 7.68. The first-order valence-corrected chi connectivity index (χ1v) is 13.3. The molecule has 2 atom stereocenters. The van der Waals surface area contributed by atoms with Gasteiger partial charge >= 0.3 is 0 Å². The SMILES string of the molecule is C[C@@H](C1CC1)N1Cc2cc(-c3ccn4nc(N)c(C(=O)NC5CC5)c4n3)cc(O[C@@H]3CCNC3=O)c2C1=O. The summed E-state index contributed by atoms with van der Waals surface area (Å²) in [6.07, 6.45) is 5.77. The Hall–Kier alpha value is -4.15. The molecule has 38 heavy (non-hydrogen) atoms. The van der Waals surface area contributed by atoms with Gasteiger partial charge in [-0.05, 0) is 62.3 Å². The van der Waals surface area contributed by atoms with Gasteiger partial charge in [-0.3, -0.25) is 14.4 Å². The molecule has 2 aliphatic carbocycles. The Bertz CT molecular complexity index is 1510. The van der Waals surface area contributed by atoms with Crippen molar-refractivity contribution in [3.05, 3.63) is 41.1 Å². The fourth-order valence-electron chi connectivity index (χ4n) is 5.49. The van der Waals surface area contributed by atoms with Crippen LogP contribution < -0.4 is 21.1 Å². The van der Waals surface area contributed by atoms with Crippen LogP contribution in [0.4, 0.5) is 5.82 Å². The summed E-state index contributed by atoms with van der Waals surface area (Å²) in [5.74, 6) is 0.494. The molecule has 3 amide bonds. The smallest absolute Gasteiger partial charge is 0.261 e. The summed E-state index contributed by atoms with van der Waals surface area (Å²) in [7, 11) is 0. The third kappa shape index (κ3) is 3.84. The highest BCUT2D eigenvalue weighted by molar-refractivity contribution is 6.05. The van der Waals surface area contributed by atoms with E-state index in [0.717, 1.165) is 36.8 Å². The van der Waals surface area contributed by atoms with E-state index in [9.17, 15) is 14.4 Å². The maximum absolute atomic E-state index is 13.5. The number of nitrogens with two attached hydrogens (primary N) is 1. The molecule has 2 aliphatic heterocycles. The first-order valence-electron chi connectivity index (χ1n) is 13.3. The lowest BCUT2D eigenvalue weighted by Crippen LogP contribution is -2.35. The number of carbonyl (C=O) groups excluding carboxylic acids is 3. The summed E-state index contributed by atoms with van der Waals surface area (Å²) in [6, 6.07) is 5.82. The lowest BCUT2D eigenvalue weighted by atomic mass is 10.0. The van der Waals surface area contributed by atoms with E-state index in [0.29, 0.717) is 48.1 Å². The number of hydrogen-bond donors (Lipinski definition) is 3. The van der Waals surface area contributed by atoms with Crippen LogP contribution in [0.15, 0.2) is 24.4 Å². The van der Waals surface area contributed by atoms with Gasteiger partial charge in [0.1, 0.15) is 11.3 Å². The van der Waals surface area contributed by atoms with Gasteiger partial charge in [0.2, 0.25) is 0 Å². The standard InChI is InChI=1S/C27H29N7O4/c1-13(14-2-3-14)33-12-16-10-15(11-20(21(16)27(33)37)38-19-6-8-29-25(19)35)18-7-9-34-24(31-18)22(23(28)32-34)26(36)30-17-4-5-17/h7,9-11,13-14,17,19H,2-6,8,12H2,1H3,(H2,28,32)(H,29,35)(H,30,36)/t13-,19+/m0/s1. The predicted molar refractivity (Wildman–Crippen MR) is 137 cm³/mol. The van der Waals surface area contributed by atoms with Crippen LogP contribution in [-0.2, 0) is 11.3 Å². The number of hydrogen-bond acceptors (Lipinski definition) is 7. The van der Waals surface area contributed by atoms with Gasteiger partial charge < -0.3 is 26.0 Å². The summed E-state index contributed by atoms with van der Waals surface area (Å²) in [6.45, 7) is 3.11. The Labute approximate surface area is 218 Å². The van der Waals surface area contributed by atoms with Crippen molar-refractivity contribution in [1.29, 1.82) is 0 Å². The van der Waals surface area contributed by atoms with E-state index < -0.39 is 6.10 Å². The molecule has 4 heterocycles. The third-order valence-electron chi connectivity index (χ3n) is 8.01. The number of benzene rings is 1. The molecule has 3 aromatic rings. The largest absolute Gasteiger partial charge is 0.480 e. The molecule has 3 fully saturated rings. The Morgan fingerprint density at radius 1 is 1.21 bits per heavy atom. The molecule has 0 radical (unpaired) electrons. The molecule has 11 heteroatoms. The maximum atomic E-state index is 13.5. The van der Waals surface area contributed by atoms with Crippen molar-refractivity contribution in [2.24, 2.45) is 5.92 Å². The summed E-state index contributed by atoms with van der Waals surface area (Å²) >= 11 is 0. The van der Waals surface area contributed by atoms with Crippen molar-refractivity contribution in [1.82, 2.24) is 30.1 Å². The van der Waals surface area contributed by atoms with Crippen LogP contribution in [0, 0.1) is 5.92 Å². The van der Waals surface area contributed by atoms with E-state index >= 15 is 0 Å². The van der Waals surface area contributed by atoms with Crippen LogP contribution >= 0.6 is 0 Å². The molecule has 0 unspecified atom stereocenters. The van der Waals surface area contributed by atoms with Gasteiger partial charge in [-0.1, -0.05) is 0 Å². The third-order valence-corrected chi connectivity index (χ3v) is 8.01. The maximum Gasteiger partial charge on any atom is 0.261 e. The molecular formula is C27H29N7O4. The Morgan fingerprint density at radius 3 is 2.74 bits per heavy atom. The van der Waals surface area contributed by atoms with E-state index in [1.165, 1.54) is 4.52 Å². The van der Waals surface area contributed by atoms with E-state index in [2.05, 4.69) is 22.7 Å². The molecule has 1 aromatic carbocycles. The quantitative estimate of drug-likeness (QED) is 0.436. The zero-order valence-electron chi connectivity index (χ0n) is 21.1. The number of nitrogens with one attached hydrogen (secondary N) is 2. The van der Waals surface area contributed by atoms with Crippen LogP contribution in [0.25, 0.3) is 16.9 Å². The molecular weight excluding hydrogens is 486 g/mol. The van der Waals surface area contributed by atoms with Crippen molar-refractivity contribution in [3.63, 3.8) is 0 Å². The molecule has 4 N–H and O–H groups in total. The van der Waals surface area contributed by atoms with Crippen LogP contribution in [0.5, 0.6) is 5.75 Å².